The van der Waals surface area contributed by atoms with Crippen molar-refractivity contribution >= 4 is 17.3 Å². The third-order valence-corrected chi connectivity index (χ3v) is 5.34. The molecule has 158 valence electrons. The van der Waals surface area contributed by atoms with Crippen molar-refractivity contribution in [2.45, 2.75) is 33.5 Å². The summed E-state index contributed by atoms with van der Waals surface area (Å²) in [5.74, 6) is 0.795. The van der Waals surface area contributed by atoms with Crippen molar-refractivity contribution in [2.24, 2.45) is 0 Å². The predicted molar refractivity (Wildman–Crippen MR) is 116 cm³/mol. The number of hydrogen-bond acceptors (Lipinski definition) is 8. The predicted octanol–water partition coefficient (Wildman–Crippen LogP) is 5.31. The number of aryl methyl sites for hydroxylation is 2. The topological polar surface area (TPSA) is 87.3 Å². The van der Waals surface area contributed by atoms with Crippen LogP contribution in [-0.4, -0.2) is 21.2 Å². The van der Waals surface area contributed by atoms with E-state index >= 15 is 0 Å². The van der Waals surface area contributed by atoms with Gasteiger partial charge in [-0.1, -0.05) is 35.4 Å². The van der Waals surface area contributed by atoms with Gasteiger partial charge in [-0.3, -0.25) is 0 Å². The molecule has 2 heterocycles. The van der Waals surface area contributed by atoms with E-state index in [1.165, 1.54) is 11.3 Å². The summed E-state index contributed by atoms with van der Waals surface area (Å²) in [6, 6.07) is 15.5. The second-order valence-electron chi connectivity index (χ2n) is 7.09. The molecule has 0 bridgehead atoms. The molecule has 2 aromatic heterocycles. The van der Waals surface area contributed by atoms with E-state index in [1.807, 2.05) is 62.4 Å². The van der Waals surface area contributed by atoms with Crippen LogP contribution in [0.1, 0.15) is 45.5 Å². The molecule has 1 unspecified atom stereocenters. The van der Waals surface area contributed by atoms with E-state index in [0.29, 0.717) is 10.9 Å². The molecule has 0 aliphatic rings. The van der Waals surface area contributed by atoms with Gasteiger partial charge in [-0.25, -0.2) is 9.78 Å². The van der Waals surface area contributed by atoms with E-state index in [-0.39, 0.29) is 18.2 Å². The van der Waals surface area contributed by atoms with Crippen molar-refractivity contribution in [1.82, 2.24) is 15.2 Å². The molecule has 0 aliphatic heterocycles. The van der Waals surface area contributed by atoms with E-state index in [0.717, 1.165) is 22.4 Å². The Morgan fingerprint density at radius 1 is 1.03 bits per heavy atom. The molecule has 8 heteroatoms. The number of thiazole rings is 1. The zero-order chi connectivity index (χ0) is 21.8. The van der Waals surface area contributed by atoms with Crippen LogP contribution in [0.15, 0.2) is 58.3 Å². The lowest BCUT2D eigenvalue weighted by atomic mass is 10.1. The lowest BCUT2D eigenvalue weighted by Gasteiger charge is -2.07. The fourth-order valence-electron chi connectivity index (χ4n) is 2.73. The van der Waals surface area contributed by atoms with Crippen LogP contribution in [0, 0.1) is 13.8 Å². The minimum Gasteiger partial charge on any atom is -0.486 e. The Labute approximate surface area is 183 Å². The number of aromatic nitrogens is 3. The summed E-state index contributed by atoms with van der Waals surface area (Å²) in [6.45, 7) is 5.97. The van der Waals surface area contributed by atoms with Gasteiger partial charge in [-0.05, 0) is 45.0 Å². The molecule has 0 radical (unpaired) electrons. The Bertz CT molecular complexity index is 1170. The zero-order valence-corrected chi connectivity index (χ0v) is 18.2. The fourth-order valence-corrected chi connectivity index (χ4v) is 3.41. The molecule has 7 nitrogen and oxygen atoms in total. The maximum atomic E-state index is 12.5. The number of rotatable bonds is 7. The van der Waals surface area contributed by atoms with Gasteiger partial charge < -0.3 is 13.9 Å². The van der Waals surface area contributed by atoms with Crippen molar-refractivity contribution in [1.29, 1.82) is 0 Å². The highest BCUT2D eigenvalue weighted by molar-refractivity contribution is 7.09. The smallest absolute Gasteiger partial charge is 0.358 e. The highest BCUT2D eigenvalue weighted by atomic mass is 32.1. The van der Waals surface area contributed by atoms with Gasteiger partial charge >= 0.3 is 5.97 Å². The summed E-state index contributed by atoms with van der Waals surface area (Å²) in [5.41, 5.74) is 3.32. The number of hydrogen-bond donors (Lipinski definition) is 0. The normalized spacial score (nSPS) is 11.8. The molecule has 2 aromatic carbocycles. The molecule has 1 atom stereocenters. The van der Waals surface area contributed by atoms with Gasteiger partial charge in [-0.15, -0.1) is 21.5 Å². The number of ether oxygens (including phenoxy) is 2. The molecule has 0 aliphatic carbocycles. The summed E-state index contributed by atoms with van der Waals surface area (Å²) in [6.07, 6.45) is -0.701. The van der Waals surface area contributed by atoms with Gasteiger partial charge in [0.2, 0.25) is 5.89 Å². The van der Waals surface area contributed by atoms with Gasteiger partial charge in [0.15, 0.2) is 11.8 Å². The van der Waals surface area contributed by atoms with Crippen molar-refractivity contribution in [3.63, 3.8) is 0 Å². The van der Waals surface area contributed by atoms with E-state index in [2.05, 4.69) is 15.2 Å². The molecule has 0 spiro atoms. The standard InChI is InChI=1S/C23H21N3O4S/c1-14-4-8-17(9-5-14)22-26-25-21(30-22)16(3)29-23(27)19-13-31-20(24-19)12-28-18-10-6-15(2)7-11-18/h4-11,13,16H,12H2,1-3H3. The van der Waals surface area contributed by atoms with Crippen LogP contribution in [-0.2, 0) is 11.3 Å². The van der Waals surface area contributed by atoms with E-state index in [9.17, 15) is 4.79 Å². The van der Waals surface area contributed by atoms with Crippen molar-refractivity contribution in [2.75, 3.05) is 0 Å². The first kappa shape index (κ1) is 20.7. The molecule has 4 aromatic rings. The minimum absolute atomic E-state index is 0.220. The average molecular weight is 436 g/mol. The van der Waals surface area contributed by atoms with E-state index < -0.39 is 12.1 Å². The first-order valence-electron chi connectivity index (χ1n) is 9.73. The fraction of sp³-hybridized carbons (Fsp3) is 0.217. The van der Waals surface area contributed by atoms with Crippen LogP contribution in [0.4, 0.5) is 0 Å². The second kappa shape index (κ2) is 9.09. The van der Waals surface area contributed by atoms with Gasteiger partial charge in [0, 0.05) is 10.9 Å². The Morgan fingerprint density at radius 3 is 2.42 bits per heavy atom. The lowest BCUT2D eigenvalue weighted by molar-refractivity contribution is 0.0273. The largest absolute Gasteiger partial charge is 0.486 e. The number of nitrogens with zero attached hydrogens (tertiary/aromatic N) is 3. The third kappa shape index (κ3) is 5.16. The summed E-state index contributed by atoms with van der Waals surface area (Å²) >= 11 is 1.34. The van der Waals surface area contributed by atoms with Gasteiger partial charge in [0.25, 0.3) is 5.89 Å². The molecule has 31 heavy (non-hydrogen) atoms. The van der Waals surface area contributed by atoms with Crippen molar-refractivity contribution in [3.05, 3.63) is 81.6 Å². The summed E-state index contributed by atoms with van der Waals surface area (Å²) < 4.78 is 16.8. The van der Waals surface area contributed by atoms with Crippen LogP contribution >= 0.6 is 11.3 Å². The van der Waals surface area contributed by atoms with Crippen LogP contribution in [0.25, 0.3) is 11.5 Å². The van der Waals surface area contributed by atoms with Crippen molar-refractivity contribution < 1.29 is 18.7 Å². The second-order valence-corrected chi connectivity index (χ2v) is 8.03. The Balaban J connectivity index is 1.35. The van der Waals surface area contributed by atoms with Crippen LogP contribution in [0.2, 0.25) is 0 Å². The summed E-state index contributed by atoms with van der Waals surface area (Å²) in [5, 5.41) is 10.4. The highest BCUT2D eigenvalue weighted by Crippen LogP contribution is 2.24. The summed E-state index contributed by atoms with van der Waals surface area (Å²) in [4.78, 5) is 16.8. The molecule has 4 rings (SSSR count). The minimum atomic E-state index is -0.701. The van der Waals surface area contributed by atoms with E-state index in [4.69, 9.17) is 13.9 Å². The SMILES string of the molecule is Cc1ccc(OCc2nc(C(=O)OC(C)c3nnc(-c4ccc(C)cc4)o3)cs2)cc1. The van der Waals surface area contributed by atoms with Crippen LogP contribution < -0.4 is 4.74 Å². The third-order valence-electron chi connectivity index (χ3n) is 4.51. The maximum absolute atomic E-state index is 12.5. The van der Waals surface area contributed by atoms with E-state index in [1.54, 1.807) is 12.3 Å². The molecule has 0 amide bonds. The number of carbonyl (C=O) groups is 1. The first-order valence-corrected chi connectivity index (χ1v) is 10.6. The highest BCUT2D eigenvalue weighted by Gasteiger charge is 2.21. The lowest BCUT2D eigenvalue weighted by Crippen LogP contribution is -2.10. The van der Waals surface area contributed by atoms with Crippen LogP contribution in [0.3, 0.4) is 0 Å². The molecular weight excluding hydrogens is 414 g/mol. The van der Waals surface area contributed by atoms with Gasteiger partial charge in [-0.2, -0.15) is 0 Å². The van der Waals surface area contributed by atoms with Crippen molar-refractivity contribution in [3.8, 4) is 17.2 Å². The Morgan fingerprint density at radius 2 is 1.71 bits per heavy atom. The first-order chi connectivity index (χ1) is 15.0. The molecule has 0 N–H and O–H groups in total. The van der Waals surface area contributed by atoms with Gasteiger partial charge in [0.05, 0.1) is 0 Å². The molecule has 0 fully saturated rings. The Hall–Kier alpha value is -3.52. The summed E-state index contributed by atoms with van der Waals surface area (Å²) in [7, 11) is 0. The number of benzene rings is 2. The quantitative estimate of drug-likeness (QED) is 0.364. The molecule has 0 saturated heterocycles. The number of esters is 1. The maximum Gasteiger partial charge on any atom is 0.358 e. The zero-order valence-electron chi connectivity index (χ0n) is 17.4. The monoisotopic (exact) mass is 435 g/mol. The molecule has 0 saturated carbocycles. The Kier molecular flexibility index (Phi) is 6.08. The molecular formula is C23H21N3O4S. The van der Waals surface area contributed by atoms with Crippen LogP contribution in [0.5, 0.6) is 5.75 Å². The number of carbonyl (C=O) groups excluding carboxylic acids is 1. The average Bonchev–Trinajstić information content (AvgIpc) is 3.44. The van der Waals surface area contributed by atoms with Gasteiger partial charge in [0.1, 0.15) is 17.4 Å².